The van der Waals surface area contributed by atoms with Crippen molar-refractivity contribution in [1.82, 2.24) is 15.1 Å². The van der Waals surface area contributed by atoms with Crippen molar-refractivity contribution in [3.05, 3.63) is 59.6 Å². The van der Waals surface area contributed by atoms with Gasteiger partial charge in [-0.25, -0.2) is 0 Å². The van der Waals surface area contributed by atoms with Gasteiger partial charge in [0, 0.05) is 38.1 Å². The highest BCUT2D eigenvalue weighted by atomic mass is 32.1. The van der Waals surface area contributed by atoms with Crippen LogP contribution in [0.4, 0.5) is 5.69 Å². The molecule has 0 radical (unpaired) electrons. The molecule has 3 rings (SSSR count). The zero-order valence-corrected chi connectivity index (χ0v) is 14.6. The number of hydrogen-bond acceptors (Lipinski definition) is 4. The first-order valence-electron chi connectivity index (χ1n) is 7.76. The summed E-state index contributed by atoms with van der Waals surface area (Å²) in [7, 11) is 3.95. The summed E-state index contributed by atoms with van der Waals surface area (Å²) in [5.74, 6) is -0.0639. The number of aromatic nitrogens is 2. The van der Waals surface area contributed by atoms with Crippen LogP contribution in [0.3, 0.4) is 0 Å². The van der Waals surface area contributed by atoms with Crippen LogP contribution in [0.15, 0.2) is 54.0 Å². The number of carbonyl (C=O) groups is 1. The number of thiophene rings is 1. The van der Waals surface area contributed by atoms with Crippen molar-refractivity contribution < 1.29 is 4.79 Å². The Hall–Kier alpha value is -2.60. The minimum absolute atomic E-state index is 0.0639. The Balaban J connectivity index is 1.52. The zero-order valence-electron chi connectivity index (χ0n) is 13.8. The molecule has 0 fully saturated rings. The van der Waals surface area contributed by atoms with E-state index in [4.69, 9.17) is 0 Å². The molecule has 3 aromatic rings. The van der Waals surface area contributed by atoms with Gasteiger partial charge < -0.3 is 10.2 Å². The normalized spacial score (nSPS) is 10.6. The highest BCUT2D eigenvalue weighted by Gasteiger charge is 2.06. The minimum Gasteiger partial charge on any atom is -0.378 e. The van der Waals surface area contributed by atoms with E-state index in [2.05, 4.69) is 16.5 Å². The van der Waals surface area contributed by atoms with E-state index in [0.717, 1.165) is 16.3 Å². The molecule has 0 aliphatic carbocycles. The zero-order chi connectivity index (χ0) is 16.9. The van der Waals surface area contributed by atoms with Gasteiger partial charge in [0.2, 0.25) is 0 Å². The summed E-state index contributed by atoms with van der Waals surface area (Å²) in [6, 6.07) is 13.6. The molecule has 2 aromatic heterocycles. The fourth-order valence-corrected chi connectivity index (χ4v) is 3.03. The summed E-state index contributed by atoms with van der Waals surface area (Å²) in [5, 5.41) is 9.49. The first kappa shape index (κ1) is 16.3. The van der Waals surface area contributed by atoms with Crippen molar-refractivity contribution in [3.8, 4) is 10.6 Å². The Kier molecular flexibility index (Phi) is 4.96. The molecule has 1 aromatic carbocycles. The van der Waals surface area contributed by atoms with Crippen LogP contribution >= 0.6 is 11.3 Å². The van der Waals surface area contributed by atoms with Gasteiger partial charge in [-0.2, -0.15) is 5.10 Å². The van der Waals surface area contributed by atoms with Gasteiger partial charge in [-0.3, -0.25) is 9.48 Å². The minimum atomic E-state index is -0.0639. The maximum Gasteiger partial charge on any atom is 0.251 e. The summed E-state index contributed by atoms with van der Waals surface area (Å²) in [5.41, 5.74) is 2.71. The molecule has 124 valence electrons. The molecule has 0 unspecified atom stereocenters. The van der Waals surface area contributed by atoms with Crippen molar-refractivity contribution in [2.24, 2.45) is 0 Å². The second kappa shape index (κ2) is 7.31. The van der Waals surface area contributed by atoms with Crippen molar-refractivity contribution in [3.63, 3.8) is 0 Å². The SMILES string of the molecule is CN(C)c1ccc(C(=O)NCCn2ccc(-c3cccs3)n2)cc1. The number of rotatable bonds is 6. The van der Waals surface area contributed by atoms with E-state index in [1.165, 1.54) is 0 Å². The van der Waals surface area contributed by atoms with Crippen LogP contribution < -0.4 is 10.2 Å². The average molecular weight is 340 g/mol. The predicted octanol–water partition coefficient (Wildman–Crippen LogP) is 3.11. The first-order chi connectivity index (χ1) is 11.6. The fourth-order valence-electron chi connectivity index (χ4n) is 2.34. The topological polar surface area (TPSA) is 50.2 Å². The second-order valence-electron chi connectivity index (χ2n) is 5.64. The molecule has 2 heterocycles. The maximum absolute atomic E-state index is 12.2. The molecule has 1 N–H and O–H groups in total. The molecule has 0 aliphatic heterocycles. The molecule has 0 spiro atoms. The number of hydrogen-bond donors (Lipinski definition) is 1. The summed E-state index contributed by atoms with van der Waals surface area (Å²) in [6.45, 7) is 1.19. The van der Waals surface area contributed by atoms with Gasteiger partial charge >= 0.3 is 0 Å². The van der Waals surface area contributed by atoms with E-state index in [0.29, 0.717) is 18.7 Å². The van der Waals surface area contributed by atoms with Crippen LogP contribution in [-0.2, 0) is 6.54 Å². The van der Waals surface area contributed by atoms with E-state index in [9.17, 15) is 4.79 Å². The standard InChI is InChI=1S/C18H20N4OS/c1-21(2)15-7-5-14(6-8-15)18(23)19-10-12-22-11-9-16(20-22)17-4-3-13-24-17/h3-9,11,13H,10,12H2,1-2H3,(H,19,23). The summed E-state index contributed by atoms with van der Waals surface area (Å²) >= 11 is 1.67. The Morgan fingerprint density at radius 3 is 2.67 bits per heavy atom. The monoisotopic (exact) mass is 340 g/mol. The highest BCUT2D eigenvalue weighted by Crippen LogP contribution is 2.22. The molecule has 5 nitrogen and oxygen atoms in total. The van der Waals surface area contributed by atoms with Crippen LogP contribution in [-0.4, -0.2) is 36.3 Å². The van der Waals surface area contributed by atoms with Gasteiger partial charge in [-0.15, -0.1) is 11.3 Å². The third kappa shape index (κ3) is 3.83. The van der Waals surface area contributed by atoms with Crippen molar-refractivity contribution in [2.75, 3.05) is 25.5 Å². The quantitative estimate of drug-likeness (QED) is 0.750. The van der Waals surface area contributed by atoms with Gasteiger partial charge in [0.15, 0.2) is 0 Å². The number of nitrogens with zero attached hydrogens (tertiary/aromatic N) is 3. The second-order valence-corrected chi connectivity index (χ2v) is 6.59. The number of nitrogens with one attached hydrogen (secondary N) is 1. The Morgan fingerprint density at radius 1 is 1.21 bits per heavy atom. The van der Waals surface area contributed by atoms with Crippen LogP contribution in [0.5, 0.6) is 0 Å². The van der Waals surface area contributed by atoms with Gasteiger partial charge in [-0.05, 0) is 41.8 Å². The molecule has 0 atom stereocenters. The lowest BCUT2D eigenvalue weighted by Gasteiger charge is -2.12. The van der Waals surface area contributed by atoms with Gasteiger partial charge in [0.25, 0.3) is 5.91 Å². The maximum atomic E-state index is 12.2. The van der Waals surface area contributed by atoms with E-state index in [1.807, 2.05) is 71.7 Å². The van der Waals surface area contributed by atoms with Gasteiger partial charge in [0.05, 0.1) is 11.4 Å². The summed E-state index contributed by atoms with van der Waals surface area (Å²) in [4.78, 5) is 15.3. The lowest BCUT2D eigenvalue weighted by Crippen LogP contribution is -2.27. The molecule has 24 heavy (non-hydrogen) atoms. The van der Waals surface area contributed by atoms with E-state index >= 15 is 0 Å². The van der Waals surface area contributed by atoms with E-state index in [-0.39, 0.29) is 5.91 Å². The third-order valence-corrected chi connectivity index (χ3v) is 4.58. The van der Waals surface area contributed by atoms with Crippen LogP contribution in [0.25, 0.3) is 10.6 Å². The average Bonchev–Trinajstić information content (AvgIpc) is 3.26. The Labute approximate surface area is 145 Å². The van der Waals surface area contributed by atoms with Crippen LogP contribution in [0.2, 0.25) is 0 Å². The molecular weight excluding hydrogens is 320 g/mol. The van der Waals surface area contributed by atoms with Crippen LogP contribution in [0.1, 0.15) is 10.4 Å². The summed E-state index contributed by atoms with van der Waals surface area (Å²) < 4.78 is 1.85. The smallest absolute Gasteiger partial charge is 0.251 e. The Bertz CT molecular complexity index is 791. The molecule has 0 aliphatic rings. The third-order valence-electron chi connectivity index (χ3n) is 3.69. The first-order valence-corrected chi connectivity index (χ1v) is 8.64. The summed E-state index contributed by atoms with van der Waals surface area (Å²) in [6.07, 6.45) is 1.94. The van der Waals surface area contributed by atoms with Crippen molar-refractivity contribution >= 4 is 22.9 Å². The van der Waals surface area contributed by atoms with Gasteiger partial charge in [0.1, 0.15) is 5.69 Å². The van der Waals surface area contributed by atoms with Crippen LogP contribution in [0, 0.1) is 0 Å². The largest absolute Gasteiger partial charge is 0.378 e. The molecule has 1 amide bonds. The van der Waals surface area contributed by atoms with E-state index < -0.39 is 0 Å². The number of benzene rings is 1. The molecule has 0 saturated carbocycles. The van der Waals surface area contributed by atoms with Crippen molar-refractivity contribution in [2.45, 2.75) is 6.54 Å². The molecule has 6 heteroatoms. The predicted molar refractivity (Wildman–Crippen MR) is 98.6 cm³/mol. The molecule has 0 saturated heterocycles. The highest BCUT2D eigenvalue weighted by molar-refractivity contribution is 7.13. The molecule has 0 bridgehead atoms. The molecular formula is C18H20N4OS. The lowest BCUT2D eigenvalue weighted by molar-refractivity contribution is 0.0952. The Morgan fingerprint density at radius 2 is 2.00 bits per heavy atom. The van der Waals surface area contributed by atoms with Crippen molar-refractivity contribution in [1.29, 1.82) is 0 Å². The number of anilines is 1. The fraction of sp³-hybridized carbons (Fsp3) is 0.222. The lowest BCUT2D eigenvalue weighted by atomic mass is 10.2. The van der Waals surface area contributed by atoms with E-state index in [1.54, 1.807) is 11.3 Å². The van der Waals surface area contributed by atoms with Gasteiger partial charge in [-0.1, -0.05) is 6.07 Å². The number of carbonyl (C=O) groups excluding carboxylic acids is 1. The number of amides is 1.